The molecule has 1 heterocycles. The number of hydrogen-bond donors (Lipinski definition) is 0. The Morgan fingerprint density at radius 2 is 1.80 bits per heavy atom. The van der Waals surface area contributed by atoms with Crippen LogP contribution in [-0.4, -0.2) is 48.4 Å². The van der Waals surface area contributed by atoms with Crippen molar-refractivity contribution >= 4 is 5.91 Å². The molecule has 108 valence electrons. The van der Waals surface area contributed by atoms with Gasteiger partial charge in [0, 0.05) is 38.6 Å². The topological polar surface area (TPSA) is 23.6 Å². The van der Waals surface area contributed by atoms with Crippen LogP contribution in [0.3, 0.4) is 0 Å². The molecule has 0 spiro atoms. The fraction of sp³-hybridized carbons (Fsp3) is 0.588. The third-order valence-corrected chi connectivity index (χ3v) is 4.67. The minimum atomic E-state index is 0.339. The van der Waals surface area contributed by atoms with Crippen molar-refractivity contribution in [3.05, 3.63) is 35.9 Å². The van der Waals surface area contributed by atoms with Crippen LogP contribution in [0.2, 0.25) is 0 Å². The molecule has 3 heteroatoms. The highest BCUT2D eigenvalue weighted by Crippen LogP contribution is 2.39. The van der Waals surface area contributed by atoms with E-state index in [0.717, 1.165) is 45.6 Å². The quantitative estimate of drug-likeness (QED) is 0.837. The molecule has 3 nitrogen and oxygen atoms in total. The van der Waals surface area contributed by atoms with Crippen LogP contribution in [0.4, 0.5) is 0 Å². The SMILES string of the molecule is CC1CC1C(=O)N1CCN(CCc2ccccc2)CC1. The van der Waals surface area contributed by atoms with E-state index in [2.05, 4.69) is 47.1 Å². The second kappa shape index (κ2) is 5.96. The fourth-order valence-corrected chi connectivity index (χ4v) is 3.02. The van der Waals surface area contributed by atoms with Crippen LogP contribution in [0.1, 0.15) is 18.9 Å². The predicted octanol–water partition coefficient (Wildman–Crippen LogP) is 2.03. The minimum Gasteiger partial charge on any atom is -0.340 e. The number of carbonyl (C=O) groups excluding carboxylic acids is 1. The second-order valence-electron chi connectivity index (χ2n) is 6.22. The first-order chi connectivity index (χ1) is 9.74. The molecule has 1 amide bonds. The molecule has 3 rings (SSSR count). The second-order valence-corrected chi connectivity index (χ2v) is 6.22. The molecule has 1 aliphatic carbocycles. The average Bonchev–Trinajstić information content (AvgIpc) is 3.23. The van der Waals surface area contributed by atoms with Crippen molar-refractivity contribution in [2.75, 3.05) is 32.7 Å². The summed E-state index contributed by atoms with van der Waals surface area (Å²) in [6, 6.07) is 10.6. The molecule has 2 fully saturated rings. The maximum absolute atomic E-state index is 12.2. The van der Waals surface area contributed by atoms with E-state index in [-0.39, 0.29) is 0 Å². The zero-order chi connectivity index (χ0) is 13.9. The van der Waals surface area contributed by atoms with E-state index in [9.17, 15) is 4.79 Å². The van der Waals surface area contributed by atoms with E-state index >= 15 is 0 Å². The Bertz CT molecular complexity index is 451. The molecule has 2 aliphatic rings. The molecular weight excluding hydrogens is 248 g/mol. The predicted molar refractivity (Wildman–Crippen MR) is 80.4 cm³/mol. The van der Waals surface area contributed by atoms with Crippen molar-refractivity contribution in [3.63, 3.8) is 0 Å². The van der Waals surface area contributed by atoms with Gasteiger partial charge in [0.15, 0.2) is 0 Å². The van der Waals surface area contributed by atoms with Crippen LogP contribution in [0, 0.1) is 11.8 Å². The summed E-state index contributed by atoms with van der Waals surface area (Å²) in [6.07, 6.45) is 2.21. The van der Waals surface area contributed by atoms with E-state index in [1.807, 2.05) is 0 Å². The van der Waals surface area contributed by atoms with Crippen LogP contribution in [0.25, 0.3) is 0 Å². The summed E-state index contributed by atoms with van der Waals surface area (Å²) in [5, 5.41) is 0. The number of hydrogen-bond acceptors (Lipinski definition) is 2. The number of piperazine rings is 1. The van der Waals surface area contributed by atoms with Gasteiger partial charge in [0.2, 0.25) is 5.91 Å². The largest absolute Gasteiger partial charge is 0.340 e. The lowest BCUT2D eigenvalue weighted by atomic mass is 10.1. The van der Waals surface area contributed by atoms with Crippen molar-refractivity contribution in [1.29, 1.82) is 0 Å². The van der Waals surface area contributed by atoms with Crippen molar-refractivity contribution in [2.45, 2.75) is 19.8 Å². The standard InChI is InChI=1S/C17H24N2O/c1-14-13-16(14)17(20)19-11-9-18(10-12-19)8-7-15-5-3-2-4-6-15/h2-6,14,16H,7-13H2,1H3. The fourth-order valence-electron chi connectivity index (χ4n) is 3.02. The molecular formula is C17H24N2O. The summed E-state index contributed by atoms with van der Waals surface area (Å²) >= 11 is 0. The van der Waals surface area contributed by atoms with Gasteiger partial charge in [0.05, 0.1) is 0 Å². The van der Waals surface area contributed by atoms with Crippen molar-refractivity contribution in [3.8, 4) is 0 Å². The van der Waals surface area contributed by atoms with Crippen molar-refractivity contribution in [1.82, 2.24) is 9.80 Å². The molecule has 0 aromatic heterocycles. The first kappa shape index (κ1) is 13.6. The van der Waals surface area contributed by atoms with Gasteiger partial charge in [0.1, 0.15) is 0 Å². The Kier molecular flexibility index (Phi) is 4.06. The van der Waals surface area contributed by atoms with Crippen LogP contribution in [0.15, 0.2) is 30.3 Å². The number of nitrogens with zero attached hydrogens (tertiary/aromatic N) is 2. The highest BCUT2D eigenvalue weighted by Gasteiger charge is 2.41. The van der Waals surface area contributed by atoms with Crippen LogP contribution >= 0.6 is 0 Å². The first-order valence-electron chi connectivity index (χ1n) is 7.79. The number of carbonyl (C=O) groups is 1. The monoisotopic (exact) mass is 272 g/mol. The molecule has 1 saturated heterocycles. The summed E-state index contributed by atoms with van der Waals surface area (Å²) in [6.45, 7) is 7.16. The smallest absolute Gasteiger partial charge is 0.226 e. The maximum Gasteiger partial charge on any atom is 0.226 e. The van der Waals surface area contributed by atoms with E-state index in [1.54, 1.807) is 0 Å². The van der Waals surface area contributed by atoms with Gasteiger partial charge in [0.25, 0.3) is 0 Å². The number of amides is 1. The van der Waals surface area contributed by atoms with Crippen molar-refractivity contribution in [2.24, 2.45) is 11.8 Å². The highest BCUT2D eigenvalue weighted by molar-refractivity contribution is 5.81. The molecule has 2 atom stereocenters. The van der Waals surface area contributed by atoms with Gasteiger partial charge in [-0.25, -0.2) is 0 Å². The van der Waals surface area contributed by atoms with Gasteiger partial charge in [-0.2, -0.15) is 0 Å². The molecule has 0 radical (unpaired) electrons. The third-order valence-electron chi connectivity index (χ3n) is 4.67. The van der Waals surface area contributed by atoms with Crippen LogP contribution in [0.5, 0.6) is 0 Å². The molecule has 1 aliphatic heterocycles. The molecule has 0 N–H and O–H groups in total. The van der Waals surface area contributed by atoms with Crippen LogP contribution < -0.4 is 0 Å². The molecule has 20 heavy (non-hydrogen) atoms. The molecule has 1 aromatic rings. The molecule has 1 aromatic carbocycles. The zero-order valence-electron chi connectivity index (χ0n) is 12.3. The van der Waals surface area contributed by atoms with Gasteiger partial charge in [-0.3, -0.25) is 9.69 Å². The van der Waals surface area contributed by atoms with E-state index in [0.29, 0.717) is 17.7 Å². The van der Waals surface area contributed by atoms with Gasteiger partial charge in [-0.05, 0) is 24.3 Å². The third kappa shape index (κ3) is 3.21. The first-order valence-corrected chi connectivity index (χ1v) is 7.79. The van der Waals surface area contributed by atoms with Gasteiger partial charge < -0.3 is 4.90 Å². The van der Waals surface area contributed by atoms with Gasteiger partial charge in [-0.1, -0.05) is 37.3 Å². The number of rotatable bonds is 4. The Morgan fingerprint density at radius 1 is 1.15 bits per heavy atom. The van der Waals surface area contributed by atoms with Crippen molar-refractivity contribution < 1.29 is 4.79 Å². The lowest BCUT2D eigenvalue weighted by molar-refractivity contribution is -0.134. The van der Waals surface area contributed by atoms with E-state index in [1.165, 1.54) is 5.56 Å². The summed E-state index contributed by atoms with van der Waals surface area (Å²) in [7, 11) is 0. The normalized spacial score (nSPS) is 26.6. The Hall–Kier alpha value is -1.35. The van der Waals surface area contributed by atoms with Gasteiger partial charge >= 0.3 is 0 Å². The Balaban J connectivity index is 1.41. The van der Waals surface area contributed by atoms with Crippen LogP contribution in [-0.2, 0) is 11.2 Å². The summed E-state index contributed by atoms with van der Waals surface area (Å²) in [5.41, 5.74) is 1.40. The van der Waals surface area contributed by atoms with E-state index in [4.69, 9.17) is 0 Å². The van der Waals surface area contributed by atoms with Gasteiger partial charge in [-0.15, -0.1) is 0 Å². The lowest BCUT2D eigenvalue weighted by Gasteiger charge is -2.35. The number of benzene rings is 1. The van der Waals surface area contributed by atoms with E-state index < -0.39 is 0 Å². The molecule has 0 bridgehead atoms. The summed E-state index contributed by atoms with van der Waals surface area (Å²) in [5.74, 6) is 1.37. The molecule has 2 unspecified atom stereocenters. The summed E-state index contributed by atoms with van der Waals surface area (Å²) < 4.78 is 0. The summed E-state index contributed by atoms with van der Waals surface area (Å²) in [4.78, 5) is 16.7. The average molecular weight is 272 g/mol. The lowest BCUT2D eigenvalue weighted by Crippen LogP contribution is -2.49. The highest BCUT2D eigenvalue weighted by atomic mass is 16.2. The minimum absolute atomic E-state index is 0.339. The Labute approximate surface area is 121 Å². The zero-order valence-corrected chi connectivity index (χ0v) is 12.3. The maximum atomic E-state index is 12.2. The molecule has 1 saturated carbocycles. The Morgan fingerprint density at radius 3 is 2.40 bits per heavy atom.